The van der Waals surface area contributed by atoms with Gasteiger partial charge in [0.05, 0.1) is 5.60 Å². The molecule has 1 saturated heterocycles. The minimum atomic E-state index is -0.879. The first kappa shape index (κ1) is 14.0. The van der Waals surface area contributed by atoms with E-state index in [0.717, 1.165) is 12.8 Å². The predicted octanol–water partition coefficient (Wildman–Crippen LogP) is 0.0285. The van der Waals surface area contributed by atoms with Crippen LogP contribution >= 0.6 is 0 Å². The molecule has 3 N–H and O–H groups in total. The molecule has 7 nitrogen and oxygen atoms in total. The van der Waals surface area contributed by atoms with E-state index in [1.807, 2.05) is 6.92 Å². The Hall–Kier alpha value is -1.47. The lowest BCUT2D eigenvalue weighted by atomic mass is 9.94. The van der Waals surface area contributed by atoms with E-state index in [1.54, 1.807) is 0 Å². The summed E-state index contributed by atoms with van der Waals surface area (Å²) in [6, 6.07) is 0. The van der Waals surface area contributed by atoms with Gasteiger partial charge in [-0.1, -0.05) is 6.92 Å². The van der Waals surface area contributed by atoms with Crippen LogP contribution in [-0.4, -0.2) is 51.6 Å². The summed E-state index contributed by atoms with van der Waals surface area (Å²) < 4.78 is 5.18. The maximum Gasteiger partial charge on any atom is 0.291 e. The van der Waals surface area contributed by atoms with Crippen LogP contribution in [0.4, 0.5) is 0 Å². The summed E-state index contributed by atoms with van der Waals surface area (Å²) in [7, 11) is 0. The van der Waals surface area contributed by atoms with Gasteiger partial charge in [-0.15, -0.1) is 5.10 Å². The summed E-state index contributed by atoms with van der Waals surface area (Å²) in [4.78, 5) is 16.0. The van der Waals surface area contributed by atoms with Gasteiger partial charge in [0.25, 0.3) is 5.91 Å². The number of aromatic amines is 1. The van der Waals surface area contributed by atoms with Crippen molar-refractivity contribution in [3.63, 3.8) is 0 Å². The number of nitrogens with zero attached hydrogens (tertiary/aromatic N) is 2. The molecule has 1 amide bonds. The molecule has 2 heterocycles. The molecule has 19 heavy (non-hydrogen) atoms. The van der Waals surface area contributed by atoms with Crippen LogP contribution in [0, 0.1) is 0 Å². The van der Waals surface area contributed by atoms with Gasteiger partial charge in [0.15, 0.2) is 0 Å². The van der Waals surface area contributed by atoms with Crippen molar-refractivity contribution < 1.29 is 14.6 Å². The molecule has 0 aliphatic carbocycles. The quantitative estimate of drug-likeness (QED) is 0.699. The fourth-order valence-corrected chi connectivity index (χ4v) is 2.00. The molecule has 0 radical (unpaired) electrons. The first-order chi connectivity index (χ1) is 9.13. The monoisotopic (exact) mass is 268 g/mol. The van der Waals surface area contributed by atoms with Crippen LogP contribution in [0.5, 0.6) is 0 Å². The van der Waals surface area contributed by atoms with Crippen LogP contribution in [0.3, 0.4) is 0 Å². The number of rotatable bonds is 5. The molecule has 1 fully saturated rings. The maximum atomic E-state index is 11.8. The van der Waals surface area contributed by atoms with E-state index >= 15 is 0 Å². The maximum absolute atomic E-state index is 11.8. The minimum absolute atomic E-state index is 0.124. The second kappa shape index (κ2) is 6.12. The number of hydrogen-bond donors (Lipinski definition) is 3. The topological polar surface area (TPSA) is 100 Å². The van der Waals surface area contributed by atoms with E-state index in [1.165, 1.54) is 0 Å². The highest BCUT2D eigenvalue weighted by Crippen LogP contribution is 2.19. The van der Waals surface area contributed by atoms with Crippen molar-refractivity contribution in [3.05, 3.63) is 11.6 Å². The van der Waals surface area contributed by atoms with Gasteiger partial charge in [-0.3, -0.25) is 9.89 Å². The summed E-state index contributed by atoms with van der Waals surface area (Å²) in [6.45, 7) is 3.27. The lowest BCUT2D eigenvalue weighted by Gasteiger charge is -2.31. The van der Waals surface area contributed by atoms with Crippen molar-refractivity contribution in [2.45, 2.75) is 38.2 Å². The molecule has 106 valence electrons. The number of ether oxygens (including phenoxy) is 1. The molecule has 0 unspecified atom stereocenters. The number of H-pyrrole nitrogens is 1. The van der Waals surface area contributed by atoms with E-state index in [2.05, 4.69) is 20.5 Å². The summed E-state index contributed by atoms with van der Waals surface area (Å²) in [6.07, 6.45) is 2.77. The summed E-state index contributed by atoms with van der Waals surface area (Å²) in [5, 5.41) is 19.5. The molecule has 0 bridgehead atoms. The normalized spacial score (nSPS) is 18.2. The van der Waals surface area contributed by atoms with Crippen molar-refractivity contribution in [1.82, 2.24) is 20.5 Å². The lowest BCUT2D eigenvalue weighted by Crippen LogP contribution is -2.46. The molecule has 0 spiro atoms. The Bertz CT molecular complexity index is 426. The molecule has 2 rings (SSSR count). The van der Waals surface area contributed by atoms with E-state index in [4.69, 9.17) is 4.74 Å². The van der Waals surface area contributed by atoms with Crippen LogP contribution in [0.2, 0.25) is 0 Å². The molecule has 7 heteroatoms. The first-order valence-electron chi connectivity index (χ1n) is 6.62. The molecular formula is C12H20N4O3. The smallest absolute Gasteiger partial charge is 0.291 e. The summed E-state index contributed by atoms with van der Waals surface area (Å²) >= 11 is 0. The number of aromatic nitrogens is 3. The summed E-state index contributed by atoms with van der Waals surface area (Å²) in [5.41, 5.74) is -0.879. The van der Waals surface area contributed by atoms with Crippen LogP contribution < -0.4 is 5.32 Å². The predicted molar refractivity (Wildman–Crippen MR) is 67.7 cm³/mol. The Kier molecular flexibility index (Phi) is 4.49. The Morgan fingerprint density at radius 2 is 2.26 bits per heavy atom. The highest BCUT2D eigenvalue weighted by Gasteiger charge is 2.30. The number of aliphatic hydroxyl groups is 1. The zero-order valence-electron chi connectivity index (χ0n) is 11.1. The van der Waals surface area contributed by atoms with Crippen molar-refractivity contribution >= 4 is 5.91 Å². The molecule has 1 aromatic heterocycles. The Balaban J connectivity index is 1.86. The highest BCUT2D eigenvalue weighted by molar-refractivity contribution is 5.90. The standard InChI is InChI=1S/C12H20N4O3/c1-2-3-9-14-10(16-15-9)11(17)13-8-12(18)4-6-19-7-5-12/h18H,2-8H2,1H3,(H,13,17)(H,14,15,16). The van der Waals surface area contributed by atoms with Crippen LogP contribution in [0.25, 0.3) is 0 Å². The van der Waals surface area contributed by atoms with E-state index in [0.29, 0.717) is 31.9 Å². The number of carbonyl (C=O) groups is 1. The van der Waals surface area contributed by atoms with Gasteiger partial charge in [-0.2, -0.15) is 0 Å². The Labute approximate surface area is 111 Å². The molecule has 1 aromatic rings. The third-order valence-corrected chi connectivity index (χ3v) is 3.22. The lowest BCUT2D eigenvalue weighted by molar-refractivity contribution is -0.0605. The third-order valence-electron chi connectivity index (χ3n) is 3.22. The number of carbonyl (C=O) groups excluding carboxylic acids is 1. The average molecular weight is 268 g/mol. The summed E-state index contributed by atoms with van der Waals surface area (Å²) in [5.74, 6) is 0.468. The van der Waals surface area contributed by atoms with E-state index in [9.17, 15) is 9.90 Å². The van der Waals surface area contributed by atoms with Gasteiger partial charge in [0.1, 0.15) is 5.82 Å². The van der Waals surface area contributed by atoms with Crippen LogP contribution in [0.1, 0.15) is 42.6 Å². The van der Waals surface area contributed by atoms with Gasteiger partial charge >= 0.3 is 0 Å². The molecule has 0 saturated carbocycles. The Morgan fingerprint density at radius 3 is 2.95 bits per heavy atom. The zero-order chi connectivity index (χ0) is 13.7. The largest absolute Gasteiger partial charge is 0.388 e. The molecular weight excluding hydrogens is 248 g/mol. The van der Waals surface area contributed by atoms with Crippen LogP contribution in [0.15, 0.2) is 0 Å². The SMILES string of the molecule is CCCc1nc(C(=O)NCC2(O)CCOCC2)n[nH]1. The van der Waals surface area contributed by atoms with Crippen LogP contribution in [-0.2, 0) is 11.2 Å². The van der Waals surface area contributed by atoms with E-state index in [-0.39, 0.29) is 18.3 Å². The van der Waals surface area contributed by atoms with Crippen molar-refractivity contribution in [2.24, 2.45) is 0 Å². The second-order valence-electron chi connectivity index (χ2n) is 4.88. The van der Waals surface area contributed by atoms with Gasteiger partial charge in [-0.05, 0) is 6.42 Å². The molecule has 0 atom stereocenters. The number of aryl methyl sites for hydroxylation is 1. The first-order valence-corrected chi connectivity index (χ1v) is 6.62. The average Bonchev–Trinajstić information content (AvgIpc) is 2.86. The number of hydrogen-bond acceptors (Lipinski definition) is 5. The molecule has 1 aliphatic rings. The third kappa shape index (κ3) is 3.74. The number of amides is 1. The van der Waals surface area contributed by atoms with Gasteiger partial charge < -0.3 is 15.2 Å². The Morgan fingerprint density at radius 1 is 1.53 bits per heavy atom. The minimum Gasteiger partial charge on any atom is -0.388 e. The van der Waals surface area contributed by atoms with Crippen molar-refractivity contribution in [2.75, 3.05) is 19.8 Å². The van der Waals surface area contributed by atoms with Crippen molar-refractivity contribution in [1.29, 1.82) is 0 Å². The van der Waals surface area contributed by atoms with Gasteiger partial charge in [0, 0.05) is 39.0 Å². The fourth-order valence-electron chi connectivity index (χ4n) is 2.00. The van der Waals surface area contributed by atoms with E-state index < -0.39 is 5.60 Å². The van der Waals surface area contributed by atoms with Gasteiger partial charge in [-0.25, -0.2) is 4.98 Å². The van der Waals surface area contributed by atoms with Gasteiger partial charge in [0.2, 0.25) is 5.82 Å². The molecule has 1 aliphatic heterocycles. The highest BCUT2D eigenvalue weighted by atomic mass is 16.5. The second-order valence-corrected chi connectivity index (χ2v) is 4.88. The molecule has 0 aromatic carbocycles. The fraction of sp³-hybridized carbons (Fsp3) is 0.750. The number of nitrogens with one attached hydrogen (secondary N) is 2. The van der Waals surface area contributed by atoms with Crippen molar-refractivity contribution in [3.8, 4) is 0 Å². The zero-order valence-corrected chi connectivity index (χ0v) is 11.1.